The third kappa shape index (κ3) is 5.18. The second-order valence-electron chi connectivity index (χ2n) is 5.59. The molecule has 3 aromatic rings. The van der Waals surface area contributed by atoms with Crippen molar-refractivity contribution in [1.29, 1.82) is 0 Å². The number of aromatic nitrogens is 1. The Morgan fingerprint density at radius 3 is 2.48 bits per heavy atom. The molecule has 0 atom stereocenters. The lowest BCUT2D eigenvalue weighted by Gasteiger charge is -2.05. The largest absolute Gasteiger partial charge is 0.497 e. The van der Waals surface area contributed by atoms with E-state index in [0.29, 0.717) is 12.3 Å². The number of ether oxygens (including phenoxy) is 2. The molecule has 1 heterocycles. The molecule has 0 fully saturated rings. The van der Waals surface area contributed by atoms with Gasteiger partial charge < -0.3 is 14.8 Å². The maximum Gasteiger partial charge on any atom is 0.248 e. The highest BCUT2D eigenvalue weighted by Gasteiger charge is 2.04. The predicted molar refractivity (Wildman–Crippen MR) is 109 cm³/mol. The third-order valence-electron chi connectivity index (χ3n) is 3.70. The van der Waals surface area contributed by atoms with Crippen LogP contribution in [-0.2, 0) is 4.79 Å². The van der Waals surface area contributed by atoms with Crippen molar-refractivity contribution in [2.24, 2.45) is 0 Å². The van der Waals surface area contributed by atoms with Crippen LogP contribution < -0.4 is 14.8 Å². The Morgan fingerprint density at radius 2 is 1.81 bits per heavy atom. The molecule has 0 aliphatic rings. The molecule has 0 unspecified atom stereocenters. The zero-order valence-electron chi connectivity index (χ0n) is 15.1. The number of benzene rings is 2. The summed E-state index contributed by atoms with van der Waals surface area (Å²) in [6, 6.07) is 15.0. The summed E-state index contributed by atoms with van der Waals surface area (Å²) in [5.41, 5.74) is 2.47. The fraction of sp³-hybridized carbons (Fsp3) is 0.143. The van der Waals surface area contributed by atoms with E-state index >= 15 is 0 Å². The number of amides is 1. The van der Waals surface area contributed by atoms with E-state index in [0.717, 1.165) is 27.8 Å². The first-order valence-electron chi connectivity index (χ1n) is 8.50. The lowest BCUT2D eigenvalue weighted by atomic mass is 10.2. The zero-order valence-corrected chi connectivity index (χ0v) is 16.0. The smallest absolute Gasteiger partial charge is 0.248 e. The molecule has 0 spiro atoms. The van der Waals surface area contributed by atoms with Crippen molar-refractivity contribution in [2.45, 2.75) is 6.92 Å². The van der Waals surface area contributed by atoms with Gasteiger partial charge in [0.15, 0.2) is 0 Å². The highest BCUT2D eigenvalue weighted by atomic mass is 32.1. The van der Waals surface area contributed by atoms with Gasteiger partial charge in [0.05, 0.1) is 19.4 Å². The molecule has 1 aromatic heterocycles. The van der Waals surface area contributed by atoms with E-state index < -0.39 is 0 Å². The van der Waals surface area contributed by atoms with Gasteiger partial charge in [0.1, 0.15) is 16.5 Å². The topological polar surface area (TPSA) is 60.5 Å². The molecule has 27 heavy (non-hydrogen) atoms. The molecule has 0 radical (unpaired) electrons. The second-order valence-corrected chi connectivity index (χ2v) is 6.44. The van der Waals surface area contributed by atoms with E-state index in [1.807, 2.05) is 48.7 Å². The monoisotopic (exact) mass is 380 g/mol. The number of nitrogens with one attached hydrogen (secondary N) is 1. The van der Waals surface area contributed by atoms with Crippen LogP contribution in [0.25, 0.3) is 16.6 Å². The van der Waals surface area contributed by atoms with Crippen molar-refractivity contribution >= 4 is 29.0 Å². The van der Waals surface area contributed by atoms with Gasteiger partial charge in [-0.2, -0.15) is 0 Å². The Balaban J connectivity index is 1.60. The van der Waals surface area contributed by atoms with Crippen molar-refractivity contribution < 1.29 is 14.3 Å². The van der Waals surface area contributed by atoms with Gasteiger partial charge >= 0.3 is 0 Å². The Morgan fingerprint density at radius 1 is 1.11 bits per heavy atom. The fourth-order valence-corrected chi connectivity index (χ4v) is 3.17. The number of nitrogens with zero attached hydrogens (tertiary/aromatic N) is 1. The van der Waals surface area contributed by atoms with Crippen LogP contribution in [-0.4, -0.2) is 24.6 Å². The van der Waals surface area contributed by atoms with Crippen LogP contribution in [0.4, 0.5) is 5.69 Å². The van der Waals surface area contributed by atoms with Gasteiger partial charge in [0.25, 0.3) is 0 Å². The Labute approximate surface area is 162 Å². The normalized spacial score (nSPS) is 10.7. The van der Waals surface area contributed by atoms with Crippen molar-refractivity contribution in [3.63, 3.8) is 0 Å². The van der Waals surface area contributed by atoms with Crippen LogP contribution in [0.3, 0.4) is 0 Å². The summed E-state index contributed by atoms with van der Waals surface area (Å²) in [5, 5.41) is 5.62. The molecule has 0 saturated heterocycles. The highest BCUT2D eigenvalue weighted by molar-refractivity contribution is 7.13. The fourth-order valence-electron chi connectivity index (χ4n) is 2.38. The van der Waals surface area contributed by atoms with Crippen molar-refractivity contribution in [1.82, 2.24) is 4.98 Å². The van der Waals surface area contributed by atoms with Crippen molar-refractivity contribution in [3.05, 3.63) is 65.7 Å². The van der Waals surface area contributed by atoms with Crippen LogP contribution >= 0.6 is 11.3 Å². The molecular formula is C21H20N2O3S. The number of hydrogen-bond acceptors (Lipinski definition) is 5. The highest BCUT2D eigenvalue weighted by Crippen LogP contribution is 2.26. The SMILES string of the molecule is CCOc1ccc(NC(=O)C=Cc2csc(-c3ccc(OC)cc3)n2)cc1. The molecule has 0 bridgehead atoms. The minimum Gasteiger partial charge on any atom is -0.497 e. The molecule has 0 aliphatic heterocycles. The van der Waals surface area contributed by atoms with Gasteiger partial charge in [-0.05, 0) is 61.5 Å². The van der Waals surface area contributed by atoms with Crippen molar-refractivity contribution in [3.8, 4) is 22.1 Å². The van der Waals surface area contributed by atoms with E-state index in [9.17, 15) is 4.79 Å². The van der Waals surface area contributed by atoms with Crippen LogP contribution in [0.5, 0.6) is 11.5 Å². The standard InChI is InChI=1S/C21H20N2O3S/c1-3-26-19-11-6-16(7-12-19)22-20(24)13-8-17-14-27-21(23-17)15-4-9-18(25-2)10-5-15/h4-14H,3H2,1-2H3,(H,22,24). The number of anilines is 1. The molecule has 0 aliphatic carbocycles. The Kier molecular flexibility index (Phi) is 6.22. The van der Waals surface area contributed by atoms with Gasteiger partial charge in [-0.1, -0.05) is 0 Å². The molecule has 0 saturated carbocycles. The second kappa shape index (κ2) is 9.00. The summed E-state index contributed by atoms with van der Waals surface area (Å²) in [4.78, 5) is 16.6. The average Bonchev–Trinajstić information content (AvgIpc) is 3.17. The number of carbonyl (C=O) groups excluding carboxylic acids is 1. The van der Waals surface area contributed by atoms with E-state index in [-0.39, 0.29) is 5.91 Å². The lowest BCUT2D eigenvalue weighted by molar-refractivity contribution is -0.111. The molecule has 1 N–H and O–H groups in total. The summed E-state index contributed by atoms with van der Waals surface area (Å²) in [5.74, 6) is 1.37. The molecule has 138 valence electrons. The first-order valence-corrected chi connectivity index (χ1v) is 9.38. The third-order valence-corrected chi connectivity index (χ3v) is 4.61. The van der Waals surface area contributed by atoms with Crippen LogP contribution in [0.1, 0.15) is 12.6 Å². The van der Waals surface area contributed by atoms with Crippen LogP contribution in [0.15, 0.2) is 60.0 Å². The van der Waals surface area contributed by atoms with E-state index in [1.165, 1.54) is 17.4 Å². The average molecular weight is 380 g/mol. The lowest BCUT2D eigenvalue weighted by Crippen LogP contribution is -2.07. The quantitative estimate of drug-likeness (QED) is 0.594. The summed E-state index contributed by atoms with van der Waals surface area (Å²) < 4.78 is 10.5. The maximum atomic E-state index is 12.1. The molecule has 1 amide bonds. The summed E-state index contributed by atoms with van der Waals surface area (Å²) in [6.45, 7) is 2.54. The molecule has 3 rings (SSSR count). The number of thiazole rings is 1. The minimum atomic E-state index is -0.210. The summed E-state index contributed by atoms with van der Waals surface area (Å²) in [6.07, 6.45) is 3.18. The summed E-state index contributed by atoms with van der Waals surface area (Å²) >= 11 is 1.53. The summed E-state index contributed by atoms with van der Waals surface area (Å²) in [7, 11) is 1.64. The van der Waals surface area contributed by atoms with Crippen LogP contribution in [0, 0.1) is 0 Å². The first kappa shape index (κ1) is 18.7. The van der Waals surface area contributed by atoms with Gasteiger partial charge in [-0.25, -0.2) is 4.98 Å². The predicted octanol–water partition coefficient (Wildman–Crippen LogP) is 4.87. The maximum absolute atomic E-state index is 12.1. The van der Waals surface area contributed by atoms with Crippen molar-refractivity contribution in [2.75, 3.05) is 19.0 Å². The Hall–Kier alpha value is -3.12. The van der Waals surface area contributed by atoms with E-state index in [1.54, 1.807) is 25.3 Å². The number of hydrogen-bond donors (Lipinski definition) is 1. The zero-order chi connectivity index (χ0) is 19.1. The van der Waals surface area contributed by atoms with Gasteiger partial charge in [-0.15, -0.1) is 11.3 Å². The van der Waals surface area contributed by atoms with Crippen LogP contribution in [0.2, 0.25) is 0 Å². The first-order chi connectivity index (χ1) is 13.2. The van der Waals surface area contributed by atoms with Gasteiger partial charge in [0.2, 0.25) is 5.91 Å². The molecule has 2 aromatic carbocycles. The van der Waals surface area contributed by atoms with E-state index in [4.69, 9.17) is 9.47 Å². The minimum absolute atomic E-state index is 0.210. The number of rotatable bonds is 7. The molecular weight excluding hydrogens is 360 g/mol. The van der Waals surface area contributed by atoms with E-state index in [2.05, 4.69) is 10.3 Å². The number of carbonyl (C=O) groups is 1. The van der Waals surface area contributed by atoms with Gasteiger partial charge in [-0.3, -0.25) is 4.79 Å². The van der Waals surface area contributed by atoms with Gasteiger partial charge in [0, 0.05) is 22.7 Å². The molecule has 6 heteroatoms. The Bertz CT molecular complexity index is 915. The number of methoxy groups -OCH3 is 1. The molecule has 5 nitrogen and oxygen atoms in total.